The number of methoxy groups -OCH3 is 1. The third-order valence-electron chi connectivity index (χ3n) is 2.43. The van der Waals surface area contributed by atoms with Gasteiger partial charge in [0.15, 0.2) is 0 Å². The molecule has 0 spiro atoms. The molecule has 0 aliphatic heterocycles. The fraction of sp³-hybridized carbons (Fsp3) is 0.583. The molecule has 0 aromatic carbocycles. The zero-order valence-corrected chi connectivity index (χ0v) is 11.0. The molecule has 1 aromatic rings. The van der Waals surface area contributed by atoms with E-state index in [1.807, 2.05) is 13.8 Å². The number of ether oxygens (including phenoxy) is 1. The normalized spacial score (nSPS) is 10.7. The van der Waals surface area contributed by atoms with Gasteiger partial charge in [0.25, 0.3) is 5.56 Å². The van der Waals surface area contributed by atoms with Crippen molar-refractivity contribution in [2.45, 2.75) is 26.3 Å². The maximum atomic E-state index is 11.7. The van der Waals surface area contributed by atoms with Gasteiger partial charge in [0.1, 0.15) is 6.54 Å². The third-order valence-corrected chi connectivity index (χ3v) is 2.43. The molecular weight excluding hydrogens is 234 g/mol. The summed E-state index contributed by atoms with van der Waals surface area (Å²) in [6.45, 7) is 4.79. The first-order chi connectivity index (χ1) is 8.54. The van der Waals surface area contributed by atoms with Gasteiger partial charge >= 0.3 is 0 Å². The number of carbonyl (C=O) groups excluding carboxylic acids is 1. The maximum Gasteiger partial charge on any atom is 0.254 e. The Morgan fingerprint density at radius 3 is 2.83 bits per heavy atom. The first-order valence-corrected chi connectivity index (χ1v) is 5.86. The minimum atomic E-state index is -0.228. The molecule has 0 radical (unpaired) electrons. The highest BCUT2D eigenvalue weighted by Crippen LogP contribution is 2.06. The van der Waals surface area contributed by atoms with Crippen LogP contribution in [0.1, 0.15) is 25.5 Å². The van der Waals surface area contributed by atoms with Crippen molar-refractivity contribution in [2.75, 3.05) is 20.3 Å². The summed E-state index contributed by atoms with van der Waals surface area (Å²) in [5.41, 5.74) is 0.520. The second-order valence-electron chi connectivity index (χ2n) is 4.28. The van der Waals surface area contributed by atoms with Crippen molar-refractivity contribution in [3.05, 3.63) is 28.4 Å². The van der Waals surface area contributed by atoms with E-state index in [0.29, 0.717) is 13.2 Å². The summed E-state index contributed by atoms with van der Waals surface area (Å²) in [7, 11) is 1.56. The Bertz CT molecular complexity index is 454. The average Bonchev–Trinajstić information content (AvgIpc) is 2.32. The standard InChI is InChI=1S/C12H19N3O3/c1-9(2)10-6-12(17)15(8-14-10)7-11(16)13-4-5-18-3/h6,8-9H,4-5,7H2,1-3H3,(H,13,16). The van der Waals surface area contributed by atoms with Gasteiger partial charge in [-0.3, -0.25) is 14.2 Å². The number of rotatable bonds is 6. The Morgan fingerprint density at radius 1 is 1.56 bits per heavy atom. The van der Waals surface area contributed by atoms with Crippen molar-refractivity contribution >= 4 is 5.91 Å². The summed E-state index contributed by atoms with van der Waals surface area (Å²) < 4.78 is 6.10. The fourth-order valence-electron chi connectivity index (χ4n) is 1.38. The van der Waals surface area contributed by atoms with Gasteiger partial charge in [-0.2, -0.15) is 0 Å². The van der Waals surface area contributed by atoms with Crippen molar-refractivity contribution in [3.8, 4) is 0 Å². The number of nitrogens with one attached hydrogen (secondary N) is 1. The van der Waals surface area contributed by atoms with Crippen molar-refractivity contribution in [2.24, 2.45) is 0 Å². The molecule has 100 valence electrons. The number of nitrogens with zero attached hydrogens (tertiary/aromatic N) is 2. The lowest BCUT2D eigenvalue weighted by Gasteiger charge is -2.08. The van der Waals surface area contributed by atoms with Crippen LogP contribution < -0.4 is 10.9 Å². The molecular formula is C12H19N3O3. The van der Waals surface area contributed by atoms with E-state index in [1.165, 1.54) is 17.0 Å². The lowest BCUT2D eigenvalue weighted by molar-refractivity contribution is -0.121. The van der Waals surface area contributed by atoms with Crippen LogP contribution in [-0.4, -0.2) is 35.7 Å². The number of amides is 1. The maximum absolute atomic E-state index is 11.7. The van der Waals surface area contributed by atoms with E-state index in [-0.39, 0.29) is 23.9 Å². The van der Waals surface area contributed by atoms with Gasteiger partial charge in [0.05, 0.1) is 18.6 Å². The molecule has 0 saturated carbocycles. The molecule has 0 aliphatic carbocycles. The Labute approximate surface area is 106 Å². The lowest BCUT2D eigenvalue weighted by Crippen LogP contribution is -2.34. The number of carbonyl (C=O) groups is 1. The quantitative estimate of drug-likeness (QED) is 0.731. The smallest absolute Gasteiger partial charge is 0.254 e. The molecule has 1 heterocycles. The molecule has 0 fully saturated rings. The van der Waals surface area contributed by atoms with Crippen molar-refractivity contribution in [1.82, 2.24) is 14.9 Å². The largest absolute Gasteiger partial charge is 0.383 e. The summed E-state index contributed by atoms with van der Waals surface area (Å²) in [5, 5.41) is 2.65. The first kappa shape index (κ1) is 14.4. The van der Waals surface area contributed by atoms with E-state index in [0.717, 1.165) is 5.69 Å². The summed E-state index contributed by atoms with van der Waals surface area (Å²) in [5.74, 6) is -0.0314. The summed E-state index contributed by atoms with van der Waals surface area (Å²) >= 11 is 0. The molecule has 0 bridgehead atoms. The number of hydrogen-bond acceptors (Lipinski definition) is 4. The van der Waals surface area contributed by atoms with Crippen LogP contribution in [0.15, 0.2) is 17.2 Å². The third kappa shape index (κ3) is 4.29. The van der Waals surface area contributed by atoms with Gasteiger partial charge in [-0.1, -0.05) is 13.8 Å². The molecule has 1 aromatic heterocycles. The second kappa shape index (κ2) is 6.90. The number of hydrogen-bond donors (Lipinski definition) is 1. The molecule has 6 nitrogen and oxygen atoms in total. The van der Waals surface area contributed by atoms with Crippen LogP contribution in [0.5, 0.6) is 0 Å². The predicted molar refractivity (Wildman–Crippen MR) is 67.5 cm³/mol. The highest BCUT2D eigenvalue weighted by Gasteiger charge is 2.07. The molecule has 0 atom stereocenters. The van der Waals surface area contributed by atoms with E-state index in [2.05, 4.69) is 10.3 Å². The van der Waals surface area contributed by atoms with Gasteiger partial charge in [-0.25, -0.2) is 4.98 Å². The van der Waals surface area contributed by atoms with Gasteiger partial charge < -0.3 is 10.1 Å². The first-order valence-electron chi connectivity index (χ1n) is 5.86. The molecule has 1 N–H and O–H groups in total. The molecule has 0 saturated heterocycles. The van der Waals surface area contributed by atoms with Crippen LogP contribution >= 0.6 is 0 Å². The van der Waals surface area contributed by atoms with Crippen LogP contribution in [-0.2, 0) is 16.1 Å². The van der Waals surface area contributed by atoms with Crippen LogP contribution in [0, 0.1) is 0 Å². The number of aromatic nitrogens is 2. The van der Waals surface area contributed by atoms with Crippen LogP contribution in [0.2, 0.25) is 0 Å². The van der Waals surface area contributed by atoms with Crippen LogP contribution in [0.4, 0.5) is 0 Å². The predicted octanol–water partition coefficient (Wildman–Crippen LogP) is 0.129. The van der Waals surface area contributed by atoms with E-state index < -0.39 is 0 Å². The van der Waals surface area contributed by atoms with Crippen LogP contribution in [0.25, 0.3) is 0 Å². The summed E-state index contributed by atoms with van der Waals surface area (Å²) in [6.07, 6.45) is 1.41. The van der Waals surface area contributed by atoms with Crippen molar-refractivity contribution in [3.63, 3.8) is 0 Å². The Morgan fingerprint density at radius 2 is 2.28 bits per heavy atom. The fourth-order valence-corrected chi connectivity index (χ4v) is 1.38. The average molecular weight is 253 g/mol. The highest BCUT2D eigenvalue weighted by atomic mass is 16.5. The second-order valence-corrected chi connectivity index (χ2v) is 4.28. The Kier molecular flexibility index (Phi) is 5.51. The van der Waals surface area contributed by atoms with E-state index in [9.17, 15) is 9.59 Å². The Hall–Kier alpha value is -1.69. The molecule has 0 unspecified atom stereocenters. The molecule has 1 amide bonds. The van der Waals surface area contributed by atoms with Gasteiger partial charge in [-0.15, -0.1) is 0 Å². The van der Waals surface area contributed by atoms with Gasteiger partial charge in [0.2, 0.25) is 5.91 Å². The summed E-state index contributed by atoms with van der Waals surface area (Å²) in [4.78, 5) is 27.4. The zero-order chi connectivity index (χ0) is 13.5. The van der Waals surface area contributed by atoms with Gasteiger partial charge in [-0.05, 0) is 5.92 Å². The monoisotopic (exact) mass is 253 g/mol. The van der Waals surface area contributed by atoms with E-state index in [1.54, 1.807) is 7.11 Å². The highest BCUT2D eigenvalue weighted by molar-refractivity contribution is 5.75. The lowest BCUT2D eigenvalue weighted by atomic mass is 10.1. The topological polar surface area (TPSA) is 73.2 Å². The molecule has 1 rings (SSSR count). The molecule has 0 aliphatic rings. The van der Waals surface area contributed by atoms with Crippen LogP contribution in [0.3, 0.4) is 0 Å². The van der Waals surface area contributed by atoms with Crippen molar-refractivity contribution in [1.29, 1.82) is 0 Å². The van der Waals surface area contributed by atoms with E-state index >= 15 is 0 Å². The van der Waals surface area contributed by atoms with Gasteiger partial charge in [0, 0.05) is 19.7 Å². The molecule has 18 heavy (non-hydrogen) atoms. The SMILES string of the molecule is COCCNC(=O)Cn1cnc(C(C)C)cc1=O. The Balaban J connectivity index is 2.62. The van der Waals surface area contributed by atoms with Crippen molar-refractivity contribution < 1.29 is 9.53 Å². The van der Waals surface area contributed by atoms with E-state index in [4.69, 9.17) is 4.74 Å². The molecule has 6 heteroatoms. The zero-order valence-electron chi connectivity index (χ0n) is 11.0. The minimum Gasteiger partial charge on any atom is -0.383 e. The minimum absolute atomic E-state index is 0.0199. The summed E-state index contributed by atoms with van der Waals surface area (Å²) in [6, 6.07) is 1.47.